The van der Waals surface area contributed by atoms with Crippen LogP contribution in [0.15, 0.2) is 0 Å². The molecule has 0 spiro atoms. The first kappa shape index (κ1) is 9.91. The van der Waals surface area contributed by atoms with Crippen LogP contribution in [-0.4, -0.2) is 42.8 Å². The van der Waals surface area contributed by atoms with Crippen molar-refractivity contribution in [2.75, 3.05) is 19.8 Å². The Morgan fingerprint density at radius 1 is 1.43 bits per heavy atom. The zero-order valence-electron chi connectivity index (χ0n) is 8.35. The second-order valence-corrected chi connectivity index (χ2v) is 4.18. The molecule has 78 valence electrons. The lowest BCUT2D eigenvalue weighted by Gasteiger charge is -2.34. The number of fused-ring (bicyclic) bond motifs is 2. The topological polar surface area (TPSA) is 62.3 Å². The Hall–Kier alpha value is -0.630. The smallest absolute Gasteiger partial charge is 0.0940 e. The molecule has 0 radical (unpaired) electrons. The average Bonchev–Trinajstić information content (AvgIpc) is 2.45. The Bertz CT molecular complexity index is 222. The summed E-state index contributed by atoms with van der Waals surface area (Å²) < 4.78 is 5.48. The van der Waals surface area contributed by atoms with Crippen molar-refractivity contribution in [3.8, 4) is 6.07 Å². The molecule has 2 heterocycles. The van der Waals surface area contributed by atoms with E-state index in [1.54, 1.807) is 0 Å². The number of hydrogen-bond donors (Lipinski definition) is 1. The first-order valence-corrected chi connectivity index (χ1v) is 5.30. The lowest BCUT2D eigenvalue weighted by Crippen LogP contribution is -2.47. The van der Waals surface area contributed by atoms with Gasteiger partial charge in [0.25, 0.3) is 0 Å². The van der Waals surface area contributed by atoms with E-state index in [0.717, 1.165) is 26.2 Å². The highest BCUT2D eigenvalue weighted by Gasteiger charge is 2.36. The largest absolute Gasteiger partial charge is 0.378 e. The van der Waals surface area contributed by atoms with E-state index in [-0.39, 0.29) is 6.04 Å². The Morgan fingerprint density at radius 3 is 2.64 bits per heavy atom. The first-order valence-electron chi connectivity index (χ1n) is 5.30. The van der Waals surface area contributed by atoms with Gasteiger partial charge in [0.2, 0.25) is 0 Å². The van der Waals surface area contributed by atoms with Gasteiger partial charge in [-0.3, -0.25) is 4.90 Å². The maximum atomic E-state index is 8.59. The molecule has 14 heavy (non-hydrogen) atoms. The van der Waals surface area contributed by atoms with Crippen molar-refractivity contribution in [1.29, 1.82) is 5.26 Å². The molecule has 2 aliphatic heterocycles. The van der Waals surface area contributed by atoms with Crippen LogP contribution in [0.3, 0.4) is 0 Å². The van der Waals surface area contributed by atoms with Gasteiger partial charge in [-0.15, -0.1) is 0 Å². The zero-order valence-corrected chi connectivity index (χ0v) is 8.35. The van der Waals surface area contributed by atoms with Gasteiger partial charge in [-0.25, -0.2) is 0 Å². The van der Waals surface area contributed by atoms with E-state index in [9.17, 15) is 0 Å². The lowest BCUT2D eigenvalue weighted by atomic mass is 10.2. The van der Waals surface area contributed by atoms with Crippen molar-refractivity contribution in [2.24, 2.45) is 5.73 Å². The summed E-state index contributed by atoms with van der Waals surface area (Å²) in [6.07, 6.45) is 3.27. The van der Waals surface area contributed by atoms with Gasteiger partial charge in [0, 0.05) is 18.6 Å². The number of nitrogens with zero attached hydrogens (tertiary/aromatic N) is 2. The number of ether oxygens (including phenoxy) is 1. The van der Waals surface area contributed by atoms with Gasteiger partial charge >= 0.3 is 0 Å². The minimum absolute atomic E-state index is 0.308. The average molecular weight is 195 g/mol. The molecule has 3 atom stereocenters. The molecule has 0 amide bonds. The monoisotopic (exact) mass is 195 g/mol. The molecule has 3 unspecified atom stereocenters. The second kappa shape index (κ2) is 4.26. The van der Waals surface area contributed by atoms with Gasteiger partial charge in [0.1, 0.15) is 0 Å². The molecular weight excluding hydrogens is 178 g/mol. The maximum absolute atomic E-state index is 8.59. The van der Waals surface area contributed by atoms with Crippen LogP contribution in [0.4, 0.5) is 0 Å². The molecule has 4 heteroatoms. The van der Waals surface area contributed by atoms with Crippen LogP contribution in [0.25, 0.3) is 0 Å². The van der Waals surface area contributed by atoms with E-state index in [1.807, 2.05) is 0 Å². The molecule has 2 fully saturated rings. The lowest BCUT2D eigenvalue weighted by molar-refractivity contribution is -0.0150. The van der Waals surface area contributed by atoms with Crippen molar-refractivity contribution in [3.05, 3.63) is 0 Å². The Balaban J connectivity index is 1.83. The molecule has 2 bridgehead atoms. The Morgan fingerprint density at radius 2 is 2.07 bits per heavy atom. The summed E-state index contributed by atoms with van der Waals surface area (Å²) in [5, 5.41) is 8.59. The summed E-state index contributed by atoms with van der Waals surface area (Å²) in [4.78, 5) is 2.47. The SMILES string of the molecule is N#CC(N)CCN1C2CCC1COC2. The maximum Gasteiger partial charge on any atom is 0.0940 e. The van der Waals surface area contributed by atoms with E-state index in [4.69, 9.17) is 15.7 Å². The van der Waals surface area contributed by atoms with Crippen LogP contribution >= 0.6 is 0 Å². The van der Waals surface area contributed by atoms with Crippen molar-refractivity contribution in [3.63, 3.8) is 0 Å². The van der Waals surface area contributed by atoms with E-state index in [2.05, 4.69) is 11.0 Å². The third-order valence-corrected chi connectivity index (χ3v) is 3.26. The molecule has 2 N–H and O–H groups in total. The fourth-order valence-electron chi connectivity index (χ4n) is 2.43. The van der Waals surface area contributed by atoms with Gasteiger partial charge in [-0.1, -0.05) is 0 Å². The summed E-state index contributed by atoms with van der Waals surface area (Å²) in [6.45, 7) is 2.67. The Labute approximate surface area is 84.6 Å². The molecular formula is C10H17N3O. The molecule has 2 aliphatic rings. The van der Waals surface area contributed by atoms with E-state index >= 15 is 0 Å². The predicted molar refractivity (Wildman–Crippen MR) is 52.5 cm³/mol. The van der Waals surface area contributed by atoms with Crippen molar-refractivity contribution in [1.82, 2.24) is 4.90 Å². The van der Waals surface area contributed by atoms with Gasteiger partial charge in [-0.05, 0) is 19.3 Å². The first-order chi connectivity index (χ1) is 6.81. The molecule has 2 saturated heterocycles. The predicted octanol–water partition coefficient (Wildman–Crippen LogP) is 0.0906. The van der Waals surface area contributed by atoms with Crippen LogP contribution in [0, 0.1) is 11.3 Å². The van der Waals surface area contributed by atoms with Crippen LogP contribution < -0.4 is 5.73 Å². The third kappa shape index (κ3) is 1.90. The summed E-state index contributed by atoms with van der Waals surface area (Å²) in [6, 6.07) is 2.93. The second-order valence-electron chi connectivity index (χ2n) is 4.18. The standard InChI is InChI=1S/C10H17N3O/c11-5-8(12)3-4-13-9-1-2-10(13)7-14-6-9/h8-10H,1-4,6-7,12H2. The molecule has 4 nitrogen and oxygen atoms in total. The minimum atomic E-state index is -0.308. The molecule has 2 rings (SSSR count). The van der Waals surface area contributed by atoms with Crippen LogP contribution in [0.1, 0.15) is 19.3 Å². The van der Waals surface area contributed by atoms with E-state index < -0.39 is 0 Å². The number of rotatable bonds is 3. The fourth-order valence-corrected chi connectivity index (χ4v) is 2.43. The normalized spacial score (nSPS) is 34.0. The van der Waals surface area contributed by atoms with Crippen LogP contribution in [-0.2, 0) is 4.74 Å². The molecule has 0 aromatic rings. The minimum Gasteiger partial charge on any atom is -0.378 e. The number of morpholine rings is 1. The highest BCUT2D eigenvalue weighted by molar-refractivity contribution is 4.93. The van der Waals surface area contributed by atoms with Crippen molar-refractivity contribution in [2.45, 2.75) is 37.4 Å². The summed E-state index contributed by atoms with van der Waals surface area (Å²) in [5.74, 6) is 0. The quantitative estimate of drug-likeness (QED) is 0.693. The van der Waals surface area contributed by atoms with Crippen molar-refractivity contribution < 1.29 is 4.74 Å². The summed E-state index contributed by atoms with van der Waals surface area (Å²) >= 11 is 0. The zero-order chi connectivity index (χ0) is 9.97. The number of nitrogens with two attached hydrogens (primary N) is 1. The van der Waals surface area contributed by atoms with E-state index in [1.165, 1.54) is 12.8 Å². The van der Waals surface area contributed by atoms with Gasteiger partial charge in [-0.2, -0.15) is 5.26 Å². The number of hydrogen-bond acceptors (Lipinski definition) is 4. The van der Waals surface area contributed by atoms with E-state index in [0.29, 0.717) is 12.1 Å². The number of nitriles is 1. The summed E-state index contributed by atoms with van der Waals surface area (Å²) in [7, 11) is 0. The highest BCUT2D eigenvalue weighted by Crippen LogP contribution is 2.28. The van der Waals surface area contributed by atoms with Crippen LogP contribution in [0.2, 0.25) is 0 Å². The van der Waals surface area contributed by atoms with Crippen LogP contribution in [0.5, 0.6) is 0 Å². The highest BCUT2D eigenvalue weighted by atomic mass is 16.5. The third-order valence-electron chi connectivity index (χ3n) is 3.26. The molecule has 0 aromatic heterocycles. The molecule has 0 aromatic carbocycles. The van der Waals surface area contributed by atoms with Gasteiger partial charge in [0.05, 0.1) is 25.3 Å². The van der Waals surface area contributed by atoms with Crippen molar-refractivity contribution >= 4 is 0 Å². The molecule has 0 saturated carbocycles. The van der Waals surface area contributed by atoms with Gasteiger partial charge < -0.3 is 10.5 Å². The Kier molecular flexibility index (Phi) is 3.02. The molecule has 0 aliphatic carbocycles. The fraction of sp³-hybridized carbons (Fsp3) is 0.900. The summed E-state index contributed by atoms with van der Waals surface area (Å²) in [5.41, 5.74) is 5.58. The van der Waals surface area contributed by atoms with Gasteiger partial charge in [0.15, 0.2) is 0 Å².